The molecule has 0 bridgehead atoms. The van der Waals surface area contributed by atoms with Crippen LogP contribution in [0.2, 0.25) is 0 Å². The summed E-state index contributed by atoms with van der Waals surface area (Å²) in [5.41, 5.74) is 15.1. The zero-order valence-corrected chi connectivity index (χ0v) is 35.4. The van der Waals surface area contributed by atoms with E-state index in [1.807, 2.05) is 47.2 Å². The molecule has 0 unspecified atom stereocenters. The van der Waals surface area contributed by atoms with Gasteiger partial charge in [0.1, 0.15) is 5.71 Å². The molecule has 0 aromatic carbocycles. The zero-order valence-electron chi connectivity index (χ0n) is 32.1. The Morgan fingerprint density at radius 1 is 0.786 bits per heavy atom. The molecule has 56 heavy (non-hydrogen) atoms. The van der Waals surface area contributed by atoms with Crippen LogP contribution in [0.4, 0.5) is 13.2 Å². The number of hydrogen-bond donors (Lipinski definition) is 1. The van der Waals surface area contributed by atoms with Gasteiger partial charge in [0.15, 0.2) is 0 Å². The predicted octanol–water partition coefficient (Wildman–Crippen LogP) is 14.2. The Balaban J connectivity index is 0.000000289. The summed E-state index contributed by atoms with van der Waals surface area (Å²) in [5.74, 6) is 0. The number of aromatic nitrogens is 4. The molecule has 6 nitrogen and oxygen atoms in total. The first-order chi connectivity index (χ1) is 27.1. The molecular weight excluding hydrogens is 838 g/mol. The molecule has 0 radical (unpaired) electrons. The van der Waals surface area contributed by atoms with Gasteiger partial charge in [0.2, 0.25) is 0 Å². The van der Waals surface area contributed by atoms with Gasteiger partial charge in [-0.25, -0.2) is 4.98 Å². The van der Waals surface area contributed by atoms with E-state index in [-0.39, 0.29) is 5.69 Å². The van der Waals surface area contributed by atoms with Gasteiger partial charge in [-0.05, 0) is 126 Å². The minimum atomic E-state index is -4.76. The number of halogens is 4. The molecule has 2 N–H and O–H groups in total. The molecule has 5 aromatic rings. The van der Waals surface area contributed by atoms with Crippen molar-refractivity contribution < 1.29 is 30.5 Å². The summed E-state index contributed by atoms with van der Waals surface area (Å²) < 4.78 is 37.4. The molecule has 5 rings (SSSR count). The summed E-state index contributed by atoms with van der Waals surface area (Å²) in [4.78, 5) is 19.1. The van der Waals surface area contributed by atoms with E-state index in [1.165, 1.54) is 36.6 Å². The van der Waals surface area contributed by atoms with Crippen molar-refractivity contribution in [1.82, 2.24) is 19.9 Å². The zero-order chi connectivity index (χ0) is 40.9. The number of allylic oxidation sites excluding steroid dienone is 3. The minimum absolute atomic E-state index is 0.127. The Morgan fingerprint density at radius 2 is 1.38 bits per heavy atom. The molecule has 296 valence electrons. The average molecular weight is 886 g/mol. The van der Waals surface area contributed by atoms with Gasteiger partial charge in [0.25, 0.3) is 0 Å². The van der Waals surface area contributed by atoms with Crippen molar-refractivity contribution in [1.29, 1.82) is 5.41 Å². The van der Waals surface area contributed by atoms with Crippen LogP contribution in [0.5, 0.6) is 0 Å². The fourth-order valence-corrected chi connectivity index (χ4v) is 6.44. The monoisotopic (exact) mass is 886 g/mol. The summed E-state index contributed by atoms with van der Waals surface area (Å²) in [6.45, 7) is 8.59. The summed E-state index contributed by atoms with van der Waals surface area (Å²) in [5, 5.41) is 9.01. The van der Waals surface area contributed by atoms with Crippen LogP contribution >= 0.6 is 21.0 Å². The Morgan fingerprint density at radius 3 is 1.91 bits per heavy atom. The molecule has 0 aliphatic heterocycles. The number of pyridine rings is 4. The molecule has 5 aromatic heterocycles. The van der Waals surface area contributed by atoms with Gasteiger partial charge < -0.3 is 5.73 Å². The average Bonchev–Trinajstić information content (AvgIpc) is 3.70. The van der Waals surface area contributed by atoms with Crippen LogP contribution in [0.3, 0.4) is 0 Å². The first-order valence-electron chi connectivity index (χ1n) is 18.6. The van der Waals surface area contributed by atoms with E-state index in [1.54, 1.807) is 23.5 Å². The van der Waals surface area contributed by atoms with Crippen LogP contribution in [-0.4, -0.2) is 31.8 Å². The molecule has 0 fully saturated rings. The summed E-state index contributed by atoms with van der Waals surface area (Å²) in [6, 6.07) is 18.0. The second-order valence-corrected chi connectivity index (χ2v) is 13.6. The molecular formula is C44H48ClF3N6RuS. The van der Waals surface area contributed by atoms with Gasteiger partial charge in [0.05, 0.1) is 22.8 Å². The van der Waals surface area contributed by atoms with Gasteiger partial charge in [0, 0.05) is 29.2 Å². The van der Waals surface area contributed by atoms with E-state index in [0.29, 0.717) is 6.08 Å². The fraction of sp³-hybridized carbons (Fsp3) is 0.295. The number of hydrogen-bond acceptors (Lipinski definition) is 6. The summed E-state index contributed by atoms with van der Waals surface area (Å²) in [6.07, 6.45) is 18.0. The Hall–Kier alpha value is -4.31. The van der Waals surface area contributed by atoms with Crippen LogP contribution in [0.1, 0.15) is 94.2 Å². The van der Waals surface area contributed by atoms with E-state index in [0.717, 1.165) is 76.4 Å². The van der Waals surface area contributed by atoms with Crippen molar-refractivity contribution >= 4 is 44.6 Å². The topological polar surface area (TPSA) is 99.2 Å². The third-order valence-electron chi connectivity index (χ3n) is 8.42. The van der Waals surface area contributed by atoms with Crippen molar-refractivity contribution in [3.63, 3.8) is 0 Å². The van der Waals surface area contributed by atoms with E-state index < -0.39 is 17.6 Å². The van der Waals surface area contributed by atoms with E-state index >= 15 is 0 Å². The van der Waals surface area contributed by atoms with Crippen molar-refractivity contribution in [2.45, 2.75) is 85.2 Å². The predicted molar refractivity (Wildman–Crippen MR) is 226 cm³/mol. The number of nitrogens with zero attached hydrogens (tertiary/aromatic N) is 4. The van der Waals surface area contributed by atoms with E-state index in [9.17, 15) is 13.2 Å². The third kappa shape index (κ3) is 14.6. The van der Waals surface area contributed by atoms with Crippen molar-refractivity contribution in [2.75, 3.05) is 0 Å². The molecule has 0 saturated heterocycles. The number of nitrogens with one attached hydrogen (secondary N) is 2. The molecule has 0 saturated carbocycles. The summed E-state index contributed by atoms with van der Waals surface area (Å²) in [7, 11) is 4.57. The first-order valence-corrected chi connectivity index (χ1v) is 21.7. The molecule has 5 heterocycles. The van der Waals surface area contributed by atoms with Crippen molar-refractivity contribution in [3.05, 3.63) is 130 Å². The fourth-order valence-electron chi connectivity index (χ4n) is 5.49. The number of rotatable bonds is 15. The molecule has 0 aliphatic carbocycles. The first kappa shape index (κ1) is 46.1. The second kappa shape index (κ2) is 24.4. The van der Waals surface area contributed by atoms with E-state index in [2.05, 4.69) is 107 Å². The molecule has 0 spiro atoms. The Labute approximate surface area is 347 Å². The maximum atomic E-state index is 12.5. The van der Waals surface area contributed by atoms with Crippen LogP contribution in [0.15, 0.2) is 96.8 Å². The molecule has 0 amide bonds. The number of alkyl halides is 3. The van der Waals surface area contributed by atoms with Gasteiger partial charge in [-0.15, -0.1) is 17.0 Å². The van der Waals surface area contributed by atoms with Gasteiger partial charge in [-0.3, -0.25) is 20.4 Å². The van der Waals surface area contributed by atoms with Gasteiger partial charge >= 0.3 is 33.2 Å². The second-order valence-electron chi connectivity index (χ2n) is 12.7. The van der Waals surface area contributed by atoms with Crippen LogP contribution in [0, 0.1) is 5.41 Å². The standard InChI is InChI=1S/C25H27N3.C19H21F3N3S.ClH.Ru/c1-4-7-9-20-11-13-26-22(17-20)24-15-19(6-3)16-25(28-24)23-18-21(10-8-5-2)12-14-27-23;1-2-3-4-5-6-13-8-10-26-18(13)14-7-9-25-16(11-14)15(23)12-17(24)19(20,21)22;;/h7-18H,4-6H2,1-3H3;7-12,23-24H,2-6H2,1H3;1H;/q;-1;;+2/p-1/b9-7+,10-8+;15-12-,24-17?;;. The normalized spacial score (nSPS) is 11.6. The maximum absolute atomic E-state index is 12.5. The molecule has 0 atom stereocenters. The van der Waals surface area contributed by atoms with Gasteiger partial charge in [-0.1, -0.05) is 71.3 Å². The Kier molecular flexibility index (Phi) is 20.0. The molecule has 0 aliphatic rings. The number of aryl methyl sites for hydroxylation is 2. The van der Waals surface area contributed by atoms with Crippen LogP contribution in [0.25, 0.3) is 56.8 Å². The van der Waals surface area contributed by atoms with Crippen molar-refractivity contribution in [2.24, 2.45) is 0 Å². The number of thiophene rings is 1. The van der Waals surface area contributed by atoms with E-state index in [4.69, 9.17) is 16.1 Å². The van der Waals surface area contributed by atoms with Gasteiger partial charge in [-0.2, -0.15) is 13.2 Å². The number of unbranched alkanes of at least 4 members (excludes halogenated alkanes) is 3. The quantitative estimate of drug-likeness (QED) is 0.0643. The summed E-state index contributed by atoms with van der Waals surface area (Å²) >= 11 is 3.40. The van der Waals surface area contributed by atoms with Crippen molar-refractivity contribution in [3.8, 4) is 33.2 Å². The molecule has 12 heteroatoms. The third-order valence-corrected chi connectivity index (χ3v) is 9.42. The van der Waals surface area contributed by atoms with Crippen LogP contribution < -0.4 is 0 Å². The Bertz CT molecular complexity index is 2000. The SMILES string of the molecule is CC/C=C/c1ccnc(-c2cc(CC)cc(-c3cc(/C=C/CC)ccn3)n2)c1.CCCCCCc1ccsc1-c1ccnc(/C([NH-])=C/C(=N)C(F)(F)F)c1.[Cl][Ru+]. The van der Waals surface area contributed by atoms with Crippen LogP contribution in [-0.2, 0) is 30.2 Å².